The van der Waals surface area contributed by atoms with Gasteiger partial charge in [-0.15, -0.1) is 0 Å². The molecule has 0 radical (unpaired) electrons. The van der Waals surface area contributed by atoms with E-state index in [1.807, 2.05) is 18.2 Å². The summed E-state index contributed by atoms with van der Waals surface area (Å²) in [6.45, 7) is 0. The highest BCUT2D eigenvalue weighted by atomic mass is 15.0. The van der Waals surface area contributed by atoms with Gasteiger partial charge >= 0.3 is 0 Å². The second-order valence-electron chi connectivity index (χ2n) is 13.6. The van der Waals surface area contributed by atoms with Crippen LogP contribution in [-0.4, -0.2) is 9.13 Å². The van der Waals surface area contributed by atoms with E-state index in [4.69, 9.17) is 0 Å². The van der Waals surface area contributed by atoms with Crippen LogP contribution in [0.2, 0.25) is 0 Å². The van der Waals surface area contributed by atoms with Crippen molar-refractivity contribution < 1.29 is 0 Å². The number of aromatic nitrogens is 2. The molecule has 3 heteroatoms. The van der Waals surface area contributed by atoms with Crippen LogP contribution in [0.15, 0.2) is 182 Å². The van der Waals surface area contributed by atoms with Gasteiger partial charge in [-0.2, -0.15) is 5.26 Å². The van der Waals surface area contributed by atoms with Crippen LogP contribution in [0.3, 0.4) is 0 Å². The summed E-state index contributed by atoms with van der Waals surface area (Å²) in [5.41, 5.74) is 13.8. The fourth-order valence-corrected chi connectivity index (χ4v) is 8.19. The van der Waals surface area contributed by atoms with Gasteiger partial charge < -0.3 is 9.13 Å². The average molecular weight is 664 g/mol. The van der Waals surface area contributed by atoms with Crippen molar-refractivity contribution in [3.63, 3.8) is 0 Å². The lowest BCUT2D eigenvalue weighted by atomic mass is 9.95. The van der Waals surface area contributed by atoms with Gasteiger partial charge in [0, 0.05) is 38.3 Å². The minimum Gasteiger partial charge on any atom is -0.333 e. The molecule has 0 N–H and O–H groups in total. The molecule has 0 fully saturated rings. The van der Waals surface area contributed by atoms with Crippen LogP contribution in [0.1, 0.15) is 23.6 Å². The van der Waals surface area contributed by atoms with Crippen molar-refractivity contribution in [1.82, 2.24) is 9.13 Å². The quantitative estimate of drug-likeness (QED) is 0.180. The third-order valence-corrected chi connectivity index (χ3v) is 10.7. The Morgan fingerprint density at radius 3 is 1.79 bits per heavy atom. The Labute approximate surface area is 302 Å². The smallest absolute Gasteiger partial charge is 0.0992 e. The molecule has 1 aliphatic carbocycles. The summed E-state index contributed by atoms with van der Waals surface area (Å²) in [5.74, 6) is 0. The van der Waals surface area contributed by atoms with E-state index in [-0.39, 0.29) is 6.04 Å². The van der Waals surface area contributed by atoms with Crippen LogP contribution in [-0.2, 0) is 0 Å². The van der Waals surface area contributed by atoms with Gasteiger partial charge in [-0.05, 0) is 94.4 Å². The lowest BCUT2D eigenvalue weighted by Crippen LogP contribution is -2.08. The second kappa shape index (κ2) is 12.2. The van der Waals surface area contributed by atoms with E-state index < -0.39 is 0 Å². The molecule has 244 valence electrons. The monoisotopic (exact) mass is 663 g/mol. The summed E-state index contributed by atoms with van der Waals surface area (Å²) in [6, 6.07) is 60.9. The number of para-hydroxylation sites is 2. The van der Waals surface area contributed by atoms with Gasteiger partial charge in [0.05, 0.1) is 28.7 Å². The maximum atomic E-state index is 9.59. The average Bonchev–Trinajstić information content (AvgIpc) is 3.73. The van der Waals surface area contributed by atoms with Gasteiger partial charge in [0.25, 0.3) is 0 Å². The first kappa shape index (κ1) is 30.0. The Kier molecular flexibility index (Phi) is 7.01. The highest BCUT2D eigenvalue weighted by molar-refractivity contribution is 6.12. The second-order valence-corrected chi connectivity index (χ2v) is 13.6. The van der Waals surface area contributed by atoms with Crippen LogP contribution < -0.4 is 0 Å². The van der Waals surface area contributed by atoms with E-state index in [0.29, 0.717) is 5.56 Å². The van der Waals surface area contributed by atoms with Gasteiger partial charge in [-0.1, -0.05) is 127 Å². The number of hydrogen-bond acceptors (Lipinski definition) is 1. The lowest BCUT2D eigenvalue weighted by Gasteiger charge is -2.21. The molecule has 1 aliphatic rings. The van der Waals surface area contributed by atoms with E-state index in [1.165, 1.54) is 66.0 Å². The summed E-state index contributed by atoms with van der Waals surface area (Å²) in [7, 11) is 0. The highest BCUT2D eigenvalue weighted by Crippen LogP contribution is 2.40. The Balaban J connectivity index is 1.02. The zero-order valence-corrected chi connectivity index (χ0v) is 28.4. The lowest BCUT2D eigenvalue weighted by molar-refractivity contribution is 0.649. The van der Waals surface area contributed by atoms with Crippen LogP contribution in [0, 0.1) is 11.3 Å². The Morgan fingerprint density at radius 1 is 0.481 bits per heavy atom. The summed E-state index contributed by atoms with van der Waals surface area (Å²) in [6.07, 6.45) is 7.98. The molecule has 52 heavy (non-hydrogen) atoms. The fourth-order valence-electron chi connectivity index (χ4n) is 8.19. The first-order chi connectivity index (χ1) is 25.7. The van der Waals surface area contributed by atoms with E-state index in [2.05, 4.69) is 179 Å². The molecule has 0 amide bonds. The molecule has 9 aromatic rings. The normalized spacial score (nSPS) is 14.3. The van der Waals surface area contributed by atoms with E-state index >= 15 is 0 Å². The molecule has 3 nitrogen and oxygen atoms in total. The van der Waals surface area contributed by atoms with Crippen molar-refractivity contribution in [3.8, 4) is 34.0 Å². The highest BCUT2D eigenvalue weighted by Gasteiger charge is 2.20. The molecule has 7 aromatic carbocycles. The third-order valence-electron chi connectivity index (χ3n) is 10.7. The van der Waals surface area contributed by atoms with E-state index in [9.17, 15) is 5.26 Å². The first-order valence-corrected chi connectivity index (χ1v) is 17.8. The zero-order valence-electron chi connectivity index (χ0n) is 28.4. The van der Waals surface area contributed by atoms with Crippen molar-refractivity contribution in [2.45, 2.75) is 12.5 Å². The molecule has 0 aliphatic heterocycles. The molecule has 1 unspecified atom stereocenters. The number of fused-ring (bicyclic) bond motifs is 6. The number of rotatable bonds is 5. The molecule has 2 heterocycles. The van der Waals surface area contributed by atoms with Gasteiger partial charge in [0.1, 0.15) is 0 Å². The Morgan fingerprint density at radius 2 is 1.06 bits per heavy atom. The summed E-state index contributed by atoms with van der Waals surface area (Å²) < 4.78 is 4.78. The molecule has 10 rings (SSSR count). The number of allylic oxidation sites excluding steroid dienone is 4. The Hall–Kier alpha value is -6.89. The van der Waals surface area contributed by atoms with Crippen LogP contribution in [0.25, 0.3) is 77.1 Å². The van der Waals surface area contributed by atoms with Gasteiger partial charge in [0.15, 0.2) is 0 Å². The summed E-state index contributed by atoms with van der Waals surface area (Å²) in [5, 5.41) is 14.5. The first-order valence-electron chi connectivity index (χ1n) is 17.8. The largest absolute Gasteiger partial charge is 0.333 e. The Bertz CT molecular complexity index is 2930. The van der Waals surface area contributed by atoms with Crippen LogP contribution in [0.4, 0.5) is 0 Å². The molecule has 0 saturated carbocycles. The molecule has 0 spiro atoms. The van der Waals surface area contributed by atoms with Crippen LogP contribution >= 0.6 is 0 Å². The molecule has 0 saturated heterocycles. The number of nitriles is 1. The molecular weight excluding hydrogens is 631 g/mol. The van der Waals surface area contributed by atoms with Crippen molar-refractivity contribution in [2.24, 2.45) is 0 Å². The predicted octanol–water partition coefficient (Wildman–Crippen LogP) is 12.7. The van der Waals surface area contributed by atoms with Crippen molar-refractivity contribution in [1.29, 1.82) is 5.26 Å². The fraction of sp³-hybridized carbons (Fsp3) is 0.0408. The SMILES string of the molecule is N#Cc1cccc(-n2c3ccccc3c3cc(-c4ccc5c(c4)c4ccccc4n5C4C=CC(c5ccc(-c6ccccc6)cc5)=CC4)ccc32)c1. The number of benzene rings is 7. The summed E-state index contributed by atoms with van der Waals surface area (Å²) in [4.78, 5) is 0. The molecule has 1 atom stereocenters. The van der Waals surface area contributed by atoms with Crippen molar-refractivity contribution >= 4 is 49.2 Å². The van der Waals surface area contributed by atoms with E-state index in [0.717, 1.165) is 23.1 Å². The topological polar surface area (TPSA) is 33.6 Å². The van der Waals surface area contributed by atoms with E-state index in [1.54, 1.807) is 0 Å². The van der Waals surface area contributed by atoms with Crippen molar-refractivity contribution in [2.75, 3.05) is 0 Å². The zero-order chi connectivity index (χ0) is 34.6. The maximum Gasteiger partial charge on any atom is 0.0992 e. The number of nitrogens with zero attached hydrogens (tertiary/aromatic N) is 3. The standard InChI is InChI=1S/C49H33N3/c50-32-33-9-8-12-41(29-33)52-47-16-7-5-14-43(47)45-31-39(24-28-49(45)52)38-23-27-48-44(30-38)42-13-4-6-15-46(42)51(48)40-25-21-37(22-26-40)36-19-17-35(18-20-36)34-10-2-1-3-11-34/h1-25,27-31,40H,26H2. The summed E-state index contributed by atoms with van der Waals surface area (Å²) >= 11 is 0. The molecular formula is C49H33N3. The van der Waals surface area contributed by atoms with Gasteiger partial charge in [-0.3, -0.25) is 0 Å². The van der Waals surface area contributed by atoms with Crippen molar-refractivity contribution in [3.05, 3.63) is 193 Å². The minimum atomic E-state index is 0.225. The molecule has 0 bridgehead atoms. The third kappa shape index (κ3) is 4.88. The predicted molar refractivity (Wildman–Crippen MR) is 217 cm³/mol. The minimum absolute atomic E-state index is 0.225. The maximum absolute atomic E-state index is 9.59. The van der Waals surface area contributed by atoms with Gasteiger partial charge in [0.2, 0.25) is 0 Å². The molecule has 2 aromatic heterocycles. The number of hydrogen-bond donors (Lipinski definition) is 0. The van der Waals surface area contributed by atoms with Crippen LogP contribution in [0.5, 0.6) is 0 Å². The van der Waals surface area contributed by atoms with Gasteiger partial charge in [-0.25, -0.2) is 0 Å².